The molecule has 2 nitrogen and oxygen atoms in total. The van der Waals surface area contributed by atoms with E-state index in [4.69, 9.17) is 10.0 Å². The van der Waals surface area contributed by atoms with Crippen molar-refractivity contribution in [3.05, 3.63) is 35.4 Å². The quantitative estimate of drug-likeness (QED) is 0.564. The highest BCUT2D eigenvalue weighted by Gasteiger charge is 2.17. The largest absolute Gasteiger partial charge is 0.489 e. The first-order valence-corrected chi connectivity index (χ1v) is 3.93. The van der Waals surface area contributed by atoms with E-state index in [1.165, 1.54) is 5.56 Å². The van der Waals surface area contributed by atoms with Crippen LogP contribution < -0.4 is 5.46 Å². The Balaban J connectivity index is 2.56. The van der Waals surface area contributed by atoms with Crippen LogP contribution in [0, 0.1) is 0 Å². The lowest BCUT2D eigenvalue weighted by Gasteiger charge is -2.05. The summed E-state index contributed by atoms with van der Waals surface area (Å²) >= 11 is 0. The summed E-state index contributed by atoms with van der Waals surface area (Å²) in [7, 11) is -1.36. The van der Waals surface area contributed by atoms with Crippen molar-refractivity contribution in [1.29, 1.82) is 0 Å². The van der Waals surface area contributed by atoms with Gasteiger partial charge in [0, 0.05) is 0 Å². The van der Waals surface area contributed by atoms with Gasteiger partial charge in [-0.2, -0.15) is 0 Å². The van der Waals surface area contributed by atoms with Crippen LogP contribution in [-0.2, 0) is 6.42 Å². The van der Waals surface area contributed by atoms with Gasteiger partial charge < -0.3 is 10.0 Å². The second-order valence-electron chi connectivity index (χ2n) is 2.90. The maximum absolute atomic E-state index is 9.01. The zero-order valence-electron chi connectivity index (χ0n) is 6.57. The monoisotopic (exact) mass is 160 g/mol. The van der Waals surface area contributed by atoms with Crippen molar-refractivity contribution < 1.29 is 10.0 Å². The van der Waals surface area contributed by atoms with Crippen molar-refractivity contribution >= 4 is 18.7 Å². The fourth-order valence-corrected chi connectivity index (χ4v) is 1.54. The van der Waals surface area contributed by atoms with Crippen LogP contribution in [0.1, 0.15) is 11.1 Å². The molecule has 0 bridgehead atoms. The predicted molar refractivity (Wildman–Crippen MR) is 49.0 cm³/mol. The standard InChI is InChI=1S/C9H9BO2/c11-10(12)9-6-2-4-7-3-1-5-8(7)9/h1-2,4-6,11-12H,3H2. The van der Waals surface area contributed by atoms with Crippen molar-refractivity contribution in [1.82, 2.24) is 0 Å². The number of allylic oxidation sites excluding steroid dienone is 1. The Kier molecular flexibility index (Phi) is 1.75. The van der Waals surface area contributed by atoms with Gasteiger partial charge in [-0.15, -0.1) is 0 Å². The third-order valence-corrected chi connectivity index (χ3v) is 2.13. The van der Waals surface area contributed by atoms with Gasteiger partial charge >= 0.3 is 7.12 Å². The van der Waals surface area contributed by atoms with Gasteiger partial charge in [-0.3, -0.25) is 0 Å². The second kappa shape index (κ2) is 2.77. The minimum absolute atomic E-state index is 0.598. The number of benzene rings is 1. The Morgan fingerprint density at radius 3 is 2.83 bits per heavy atom. The van der Waals surface area contributed by atoms with Gasteiger partial charge in [0.2, 0.25) is 0 Å². The first-order chi connectivity index (χ1) is 5.79. The Hall–Kier alpha value is -1.06. The van der Waals surface area contributed by atoms with E-state index in [1.807, 2.05) is 24.3 Å². The molecular weight excluding hydrogens is 151 g/mol. The summed E-state index contributed by atoms with van der Waals surface area (Å²) in [5.74, 6) is 0. The summed E-state index contributed by atoms with van der Waals surface area (Å²) in [6, 6.07) is 5.58. The third kappa shape index (κ3) is 1.07. The first kappa shape index (κ1) is 7.59. The van der Waals surface area contributed by atoms with Crippen molar-refractivity contribution in [3.8, 4) is 0 Å². The Bertz CT molecular complexity index is 331. The number of hydrogen-bond donors (Lipinski definition) is 2. The lowest BCUT2D eigenvalue weighted by atomic mass is 9.76. The van der Waals surface area contributed by atoms with E-state index in [1.54, 1.807) is 6.07 Å². The molecular formula is C9H9BO2. The van der Waals surface area contributed by atoms with Gasteiger partial charge in [-0.05, 0) is 23.0 Å². The molecule has 1 aliphatic carbocycles. The molecule has 0 aromatic heterocycles. The van der Waals surface area contributed by atoms with Crippen LogP contribution in [-0.4, -0.2) is 17.2 Å². The van der Waals surface area contributed by atoms with Crippen LogP contribution >= 0.6 is 0 Å². The molecule has 0 saturated heterocycles. The molecule has 0 fully saturated rings. The SMILES string of the molecule is OB(O)c1cccc2c1C=CC2. The minimum Gasteiger partial charge on any atom is -0.423 e. The maximum Gasteiger partial charge on any atom is 0.489 e. The average Bonchev–Trinajstić information content (AvgIpc) is 2.49. The van der Waals surface area contributed by atoms with Gasteiger partial charge in [-0.25, -0.2) is 0 Å². The van der Waals surface area contributed by atoms with Gasteiger partial charge in [0.15, 0.2) is 0 Å². The molecule has 0 atom stereocenters. The minimum atomic E-state index is -1.36. The fraction of sp³-hybridized carbons (Fsp3) is 0.111. The molecule has 2 rings (SSSR count). The van der Waals surface area contributed by atoms with E-state index in [0.717, 1.165) is 12.0 Å². The van der Waals surface area contributed by atoms with E-state index >= 15 is 0 Å². The first-order valence-electron chi connectivity index (χ1n) is 3.93. The van der Waals surface area contributed by atoms with Crippen molar-refractivity contribution in [3.63, 3.8) is 0 Å². The van der Waals surface area contributed by atoms with E-state index in [0.29, 0.717) is 5.46 Å². The van der Waals surface area contributed by atoms with Crippen molar-refractivity contribution in [2.45, 2.75) is 6.42 Å². The summed E-state index contributed by atoms with van der Waals surface area (Å²) in [4.78, 5) is 0. The second-order valence-corrected chi connectivity index (χ2v) is 2.90. The van der Waals surface area contributed by atoms with Crippen LogP contribution in [0.3, 0.4) is 0 Å². The molecule has 0 aliphatic heterocycles. The molecule has 2 N–H and O–H groups in total. The molecule has 0 spiro atoms. The highest BCUT2D eigenvalue weighted by Crippen LogP contribution is 2.16. The number of hydrogen-bond acceptors (Lipinski definition) is 2. The Labute approximate surface area is 71.3 Å². The summed E-state index contributed by atoms with van der Waals surface area (Å²) in [5, 5.41) is 18.0. The normalized spacial score (nSPS) is 13.2. The molecule has 0 saturated carbocycles. The molecule has 1 aliphatic rings. The van der Waals surface area contributed by atoms with Gasteiger partial charge in [-0.1, -0.05) is 30.4 Å². The van der Waals surface area contributed by atoms with E-state index < -0.39 is 7.12 Å². The smallest absolute Gasteiger partial charge is 0.423 e. The third-order valence-electron chi connectivity index (χ3n) is 2.13. The van der Waals surface area contributed by atoms with E-state index in [-0.39, 0.29) is 0 Å². The Morgan fingerprint density at radius 2 is 2.08 bits per heavy atom. The van der Waals surface area contributed by atoms with Crippen LogP contribution in [0.15, 0.2) is 24.3 Å². The van der Waals surface area contributed by atoms with Crippen LogP contribution in [0.5, 0.6) is 0 Å². The molecule has 0 radical (unpaired) electrons. The topological polar surface area (TPSA) is 40.5 Å². The highest BCUT2D eigenvalue weighted by atomic mass is 16.4. The van der Waals surface area contributed by atoms with Crippen LogP contribution in [0.4, 0.5) is 0 Å². The van der Waals surface area contributed by atoms with Crippen molar-refractivity contribution in [2.24, 2.45) is 0 Å². The fourth-order valence-electron chi connectivity index (χ4n) is 1.54. The zero-order valence-corrected chi connectivity index (χ0v) is 6.57. The van der Waals surface area contributed by atoms with Gasteiger partial charge in [0.05, 0.1) is 0 Å². The summed E-state index contributed by atoms with van der Waals surface area (Å²) in [5.41, 5.74) is 2.73. The van der Waals surface area contributed by atoms with Gasteiger partial charge in [0.1, 0.15) is 0 Å². The molecule has 0 unspecified atom stereocenters. The summed E-state index contributed by atoms with van der Waals surface area (Å²) in [6.07, 6.45) is 4.86. The molecule has 0 amide bonds. The van der Waals surface area contributed by atoms with E-state index in [9.17, 15) is 0 Å². The van der Waals surface area contributed by atoms with Crippen molar-refractivity contribution in [2.75, 3.05) is 0 Å². The highest BCUT2D eigenvalue weighted by molar-refractivity contribution is 6.59. The molecule has 1 aromatic rings. The molecule has 1 aromatic carbocycles. The summed E-state index contributed by atoms with van der Waals surface area (Å²) < 4.78 is 0. The molecule has 0 heterocycles. The lowest BCUT2D eigenvalue weighted by Crippen LogP contribution is -2.32. The van der Waals surface area contributed by atoms with Crippen LogP contribution in [0.25, 0.3) is 6.08 Å². The maximum atomic E-state index is 9.01. The zero-order chi connectivity index (χ0) is 8.55. The molecule has 12 heavy (non-hydrogen) atoms. The number of fused-ring (bicyclic) bond motifs is 1. The molecule has 3 heteroatoms. The number of rotatable bonds is 1. The lowest BCUT2D eigenvalue weighted by molar-refractivity contribution is 0.425. The average molecular weight is 160 g/mol. The van der Waals surface area contributed by atoms with Crippen LogP contribution in [0.2, 0.25) is 0 Å². The van der Waals surface area contributed by atoms with Gasteiger partial charge in [0.25, 0.3) is 0 Å². The Morgan fingerprint density at radius 1 is 1.25 bits per heavy atom. The summed E-state index contributed by atoms with van der Waals surface area (Å²) in [6.45, 7) is 0. The van der Waals surface area contributed by atoms with E-state index in [2.05, 4.69) is 0 Å². The molecule has 60 valence electrons. The predicted octanol–water partition coefficient (Wildman–Crippen LogP) is -0.0643.